The average molecular weight is 242 g/mol. The first kappa shape index (κ1) is 13.6. The monoisotopic (exact) mass is 242 g/mol. The SMILES string of the molecule is CC#CCCNC(=O)COc1ccc(C#N)cc1. The number of hydrogen-bond donors (Lipinski definition) is 1. The molecule has 1 N–H and O–H groups in total. The van der Waals surface area contributed by atoms with Gasteiger partial charge in [-0.05, 0) is 31.2 Å². The van der Waals surface area contributed by atoms with Gasteiger partial charge in [0.15, 0.2) is 6.61 Å². The lowest BCUT2D eigenvalue weighted by molar-refractivity contribution is -0.123. The Labute approximate surface area is 107 Å². The Hall–Kier alpha value is -2.46. The average Bonchev–Trinajstić information content (AvgIpc) is 2.42. The van der Waals surface area contributed by atoms with Gasteiger partial charge in [0, 0.05) is 13.0 Å². The van der Waals surface area contributed by atoms with Gasteiger partial charge in [0.1, 0.15) is 5.75 Å². The number of nitrogens with one attached hydrogen (secondary N) is 1. The standard InChI is InChI=1S/C14H14N2O2/c1-2-3-4-9-16-14(17)11-18-13-7-5-12(10-15)6-8-13/h5-8H,4,9,11H2,1H3,(H,16,17). The van der Waals surface area contributed by atoms with E-state index in [4.69, 9.17) is 10.00 Å². The van der Waals surface area contributed by atoms with E-state index in [0.717, 1.165) is 0 Å². The predicted octanol–water partition coefficient (Wildman–Crippen LogP) is 1.47. The van der Waals surface area contributed by atoms with Gasteiger partial charge in [-0.15, -0.1) is 11.8 Å². The van der Waals surface area contributed by atoms with Crippen molar-refractivity contribution in [1.29, 1.82) is 5.26 Å². The van der Waals surface area contributed by atoms with Gasteiger partial charge >= 0.3 is 0 Å². The van der Waals surface area contributed by atoms with Crippen LogP contribution in [0.1, 0.15) is 18.9 Å². The zero-order valence-electron chi connectivity index (χ0n) is 10.2. The van der Waals surface area contributed by atoms with Crippen LogP contribution in [-0.4, -0.2) is 19.1 Å². The summed E-state index contributed by atoms with van der Waals surface area (Å²) >= 11 is 0. The molecule has 0 fully saturated rings. The fraction of sp³-hybridized carbons (Fsp3) is 0.286. The van der Waals surface area contributed by atoms with Crippen molar-refractivity contribution in [3.8, 4) is 23.7 Å². The van der Waals surface area contributed by atoms with Gasteiger partial charge in [0.25, 0.3) is 5.91 Å². The molecule has 0 saturated carbocycles. The molecule has 0 aromatic heterocycles. The number of hydrogen-bond acceptors (Lipinski definition) is 3. The first-order valence-corrected chi connectivity index (χ1v) is 5.55. The number of carbonyl (C=O) groups is 1. The van der Waals surface area contributed by atoms with E-state index in [1.54, 1.807) is 31.2 Å². The Kier molecular flexibility index (Phi) is 5.86. The minimum Gasteiger partial charge on any atom is -0.484 e. The van der Waals surface area contributed by atoms with Crippen molar-refractivity contribution in [2.45, 2.75) is 13.3 Å². The molecule has 0 aliphatic carbocycles. The molecule has 0 unspecified atom stereocenters. The van der Waals surface area contributed by atoms with E-state index in [0.29, 0.717) is 24.3 Å². The van der Waals surface area contributed by atoms with E-state index in [-0.39, 0.29) is 12.5 Å². The lowest BCUT2D eigenvalue weighted by atomic mass is 10.2. The largest absolute Gasteiger partial charge is 0.484 e. The molecule has 0 aliphatic heterocycles. The van der Waals surface area contributed by atoms with E-state index in [1.165, 1.54) is 0 Å². The van der Waals surface area contributed by atoms with Crippen molar-refractivity contribution in [3.05, 3.63) is 29.8 Å². The molecule has 0 atom stereocenters. The van der Waals surface area contributed by atoms with Crippen molar-refractivity contribution >= 4 is 5.91 Å². The Bertz CT molecular complexity index is 489. The number of nitrogens with zero attached hydrogens (tertiary/aromatic N) is 1. The van der Waals surface area contributed by atoms with E-state index in [9.17, 15) is 4.79 Å². The Morgan fingerprint density at radius 3 is 2.72 bits per heavy atom. The minimum absolute atomic E-state index is 0.0363. The molecule has 0 bridgehead atoms. The molecule has 4 heteroatoms. The zero-order chi connectivity index (χ0) is 13.2. The van der Waals surface area contributed by atoms with E-state index < -0.39 is 0 Å². The van der Waals surface area contributed by atoms with E-state index in [1.807, 2.05) is 6.07 Å². The van der Waals surface area contributed by atoms with Crippen molar-refractivity contribution < 1.29 is 9.53 Å². The molecular formula is C14H14N2O2. The summed E-state index contributed by atoms with van der Waals surface area (Å²) in [6.07, 6.45) is 0.638. The number of amides is 1. The van der Waals surface area contributed by atoms with Gasteiger partial charge in [-0.3, -0.25) is 4.79 Å². The van der Waals surface area contributed by atoms with Crippen molar-refractivity contribution in [3.63, 3.8) is 0 Å². The lowest BCUT2D eigenvalue weighted by Gasteiger charge is -2.06. The lowest BCUT2D eigenvalue weighted by Crippen LogP contribution is -2.29. The highest BCUT2D eigenvalue weighted by Crippen LogP contribution is 2.10. The van der Waals surface area contributed by atoms with E-state index in [2.05, 4.69) is 17.2 Å². The summed E-state index contributed by atoms with van der Waals surface area (Å²) in [5, 5.41) is 11.3. The van der Waals surface area contributed by atoms with Crippen LogP contribution in [0.2, 0.25) is 0 Å². The Balaban J connectivity index is 2.28. The Morgan fingerprint density at radius 2 is 2.11 bits per heavy atom. The van der Waals surface area contributed by atoms with Gasteiger partial charge in [-0.2, -0.15) is 5.26 Å². The summed E-state index contributed by atoms with van der Waals surface area (Å²) < 4.78 is 5.27. The third-order valence-corrected chi connectivity index (χ3v) is 2.10. The topological polar surface area (TPSA) is 62.1 Å². The second kappa shape index (κ2) is 7.76. The fourth-order valence-electron chi connectivity index (χ4n) is 1.22. The van der Waals surface area contributed by atoms with Crippen LogP contribution in [0.4, 0.5) is 0 Å². The molecule has 1 aromatic carbocycles. The van der Waals surface area contributed by atoms with Gasteiger partial charge in [-0.1, -0.05) is 0 Å². The second-order valence-corrected chi connectivity index (χ2v) is 3.45. The molecule has 0 saturated heterocycles. The Morgan fingerprint density at radius 1 is 1.39 bits per heavy atom. The first-order valence-electron chi connectivity index (χ1n) is 5.55. The molecule has 0 spiro atoms. The maximum atomic E-state index is 11.4. The summed E-state index contributed by atoms with van der Waals surface area (Å²) in [6, 6.07) is 8.62. The van der Waals surface area contributed by atoms with Gasteiger partial charge in [0.05, 0.1) is 11.6 Å². The maximum Gasteiger partial charge on any atom is 0.257 e. The maximum absolute atomic E-state index is 11.4. The molecule has 4 nitrogen and oxygen atoms in total. The van der Waals surface area contributed by atoms with Crippen molar-refractivity contribution in [2.75, 3.05) is 13.2 Å². The molecule has 1 aromatic rings. The molecule has 18 heavy (non-hydrogen) atoms. The first-order chi connectivity index (χ1) is 8.76. The number of nitriles is 1. The highest BCUT2D eigenvalue weighted by atomic mass is 16.5. The highest BCUT2D eigenvalue weighted by molar-refractivity contribution is 5.77. The van der Waals surface area contributed by atoms with Crippen LogP contribution in [0, 0.1) is 23.2 Å². The summed E-state index contributed by atoms with van der Waals surface area (Å²) in [5.41, 5.74) is 0.560. The van der Waals surface area contributed by atoms with Gasteiger partial charge in [0.2, 0.25) is 0 Å². The number of rotatable bonds is 5. The third kappa shape index (κ3) is 5.05. The molecule has 1 amide bonds. The van der Waals surface area contributed by atoms with Crippen LogP contribution in [0.3, 0.4) is 0 Å². The van der Waals surface area contributed by atoms with Crippen molar-refractivity contribution in [1.82, 2.24) is 5.32 Å². The highest BCUT2D eigenvalue weighted by Gasteiger charge is 2.01. The van der Waals surface area contributed by atoms with Crippen molar-refractivity contribution in [2.24, 2.45) is 0 Å². The van der Waals surface area contributed by atoms with Crippen LogP contribution in [0.5, 0.6) is 5.75 Å². The van der Waals surface area contributed by atoms with Crippen LogP contribution >= 0.6 is 0 Å². The van der Waals surface area contributed by atoms with E-state index >= 15 is 0 Å². The molecule has 0 aliphatic rings. The third-order valence-electron chi connectivity index (χ3n) is 2.10. The second-order valence-electron chi connectivity index (χ2n) is 3.45. The van der Waals surface area contributed by atoms with Crippen LogP contribution in [0.25, 0.3) is 0 Å². The number of carbonyl (C=O) groups excluding carboxylic acids is 1. The summed E-state index contributed by atoms with van der Waals surface area (Å²) in [5.74, 6) is 5.99. The normalized spacial score (nSPS) is 8.67. The van der Waals surface area contributed by atoms with Gasteiger partial charge in [-0.25, -0.2) is 0 Å². The quantitative estimate of drug-likeness (QED) is 0.628. The molecule has 1 rings (SSSR count). The van der Waals surface area contributed by atoms with Crippen LogP contribution < -0.4 is 10.1 Å². The number of benzene rings is 1. The molecule has 0 heterocycles. The summed E-state index contributed by atoms with van der Waals surface area (Å²) in [6.45, 7) is 2.25. The van der Waals surface area contributed by atoms with Gasteiger partial charge < -0.3 is 10.1 Å². The summed E-state index contributed by atoms with van der Waals surface area (Å²) in [7, 11) is 0. The number of ether oxygens (including phenoxy) is 1. The molecule has 92 valence electrons. The van der Waals surface area contributed by atoms with Crippen LogP contribution in [0.15, 0.2) is 24.3 Å². The summed E-state index contributed by atoms with van der Waals surface area (Å²) in [4.78, 5) is 11.4. The predicted molar refractivity (Wildman–Crippen MR) is 67.7 cm³/mol. The zero-order valence-corrected chi connectivity index (χ0v) is 10.2. The fourth-order valence-corrected chi connectivity index (χ4v) is 1.22. The molecular weight excluding hydrogens is 228 g/mol. The molecule has 0 radical (unpaired) electrons. The van der Waals surface area contributed by atoms with Crippen LogP contribution in [-0.2, 0) is 4.79 Å². The smallest absolute Gasteiger partial charge is 0.257 e. The minimum atomic E-state index is -0.183.